The molecule has 0 heterocycles. The van der Waals surface area contributed by atoms with Gasteiger partial charge in [0.25, 0.3) is 0 Å². The van der Waals surface area contributed by atoms with Crippen LogP contribution in [0.15, 0.2) is 0 Å². The maximum atomic E-state index is 4.56. The molecule has 0 amide bonds. The Hall–Kier alpha value is 3.49. The SMILES string of the molecule is CN(C)C(=S)[S-].CN(C)C(=S)[S-].[K+].[K+]. The molecule has 0 aliphatic heterocycles. The van der Waals surface area contributed by atoms with Crippen LogP contribution in [0.1, 0.15) is 0 Å². The van der Waals surface area contributed by atoms with Crippen LogP contribution in [0.5, 0.6) is 0 Å². The van der Waals surface area contributed by atoms with Gasteiger partial charge in [0.1, 0.15) is 0 Å². The molecule has 0 rings (SSSR count). The average Bonchev–Trinajstić information content (AvgIpc) is 1.88. The summed E-state index contributed by atoms with van der Waals surface area (Å²) in [5.41, 5.74) is 0. The van der Waals surface area contributed by atoms with Gasteiger partial charge in [-0.1, -0.05) is 8.64 Å². The van der Waals surface area contributed by atoms with Crippen molar-refractivity contribution < 1.29 is 103 Å². The fourth-order valence-electron chi connectivity index (χ4n) is 0. The maximum absolute atomic E-state index is 4.56. The minimum atomic E-state index is 0. The standard InChI is InChI=1S/2C3H7NS2.2K/c2*1-4(2)3(5)6;;/h2*1-2H3,(H,5,6);;/q;;2*+1/p-2. The van der Waals surface area contributed by atoms with Gasteiger partial charge in [-0.15, -0.1) is 0 Å². The monoisotopic (exact) mass is 318 g/mol. The second kappa shape index (κ2) is 16.5. The number of rotatable bonds is 0. The number of thiocarbonyl (C=S) groups is 2. The van der Waals surface area contributed by atoms with E-state index < -0.39 is 0 Å². The van der Waals surface area contributed by atoms with Crippen LogP contribution in [0.25, 0.3) is 0 Å². The van der Waals surface area contributed by atoms with E-state index in [0.717, 1.165) is 0 Å². The molecule has 0 aromatic heterocycles. The maximum Gasteiger partial charge on any atom is 1.00 e. The molecule has 0 aliphatic rings. The Balaban J connectivity index is -0.0000000625. The topological polar surface area (TPSA) is 6.48 Å². The first-order valence-electron chi connectivity index (χ1n) is 3.05. The zero-order chi connectivity index (χ0) is 10.3. The van der Waals surface area contributed by atoms with Gasteiger partial charge < -0.3 is 59.5 Å². The molecule has 0 atom stereocenters. The van der Waals surface area contributed by atoms with Crippen molar-refractivity contribution in [2.45, 2.75) is 0 Å². The second-order valence-electron chi connectivity index (χ2n) is 2.32. The molecule has 0 saturated carbocycles. The summed E-state index contributed by atoms with van der Waals surface area (Å²) >= 11 is 18.2. The molecule has 0 radical (unpaired) electrons. The summed E-state index contributed by atoms with van der Waals surface area (Å²) in [6, 6.07) is 0. The van der Waals surface area contributed by atoms with E-state index in [0.29, 0.717) is 8.64 Å². The van der Waals surface area contributed by atoms with Gasteiger partial charge in [0.2, 0.25) is 0 Å². The molecule has 8 heteroatoms. The first kappa shape index (κ1) is 26.1. The first-order chi connectivity index (χ1) is 5.29. The minimum Gasteiger partial charge on any atom is -0.411 e. The van der Waals surface area contributed by atoms with E-state index >= 15 is 0 Å². The molecular formula is C6H12K2N2S4. The number of nitrogens with zero attached hydrogens (tertiary/aromatic N) is 2. The Morgan fingerprint density at radius 1 is 0.786 bits per heavy atom. The molecule has 0 saturated heterocycles. The van der Waals surface area contributed by atoms with Gasteiger partial charge in [-0.05, 0) is 0 Å². The van der Waals surface area contributed by atoms with Crippen molar-refractivity contribution in [3.05, 3.63) is 0 Å². The van der Waals surface area contributed by atoms with Crippen LogP contribution in [0.3, 0.4) is 0 Å². The predicted molar refractivity (Wildman–Crippen MR) is 67.3 cm³/mol. The van der Waals surface area contributed by atoms with Crippen LogP contribution in [0, 0.1) is 0 Å². The largest absolute Gasteiger partial charge is 1.00 e. The molecule has 0 aromatic carbocycles. The third-order valence-electron chi connectivity index (χ3n) is 0.730. The van der Waals surface area contributed by atoms with Crippen LogP contribution < -0.4 is 103 Å². The van der Waals surface area contributed by atoms with Crippen molar-refractivity contribution >= 4 is 58.3 Å². The van der Waals surface area contributed by atoms with Crippen LogP contribution in [-0.2, 0) is 25.3 Å². The summed E-state index contributed by atoms with van der Waals surface area (Å²) in [5, 5.41) is 0. The van der Waals surface area contributed by atoms with E-state index in [2.05, 4.69) is 49.7 Å². The second-order valence-corrected chi connectivity index (χ2v) is 4.38. The third kappa shape index (κ3) is 24.6. The zero-order valence-corrected chi connectivity index (χ0v) is 19.0. The van der Waals surface area contributed by atoms with Crippen LogP contribution in [0.2, 0.25) is 0 Å². The summed E-state index contributed by atoms with van der Waals surface area (Å²) in [5.74, 6) is 0. The smallest absolute Gasteiger partial charge is 0.411 e. The van der Waals surface area contributed by atoms with E-state index in [1.54, 1.807) is 9.80 Å². The minimum absolute atomic E-state index is 0. The Kier molecular flexibility index (Phi) is 30.8. The van der Waals surface area contributed by atoms with Gasteiger partial charge in [0, 0.05) is 28.2 Å². The van der Waals surface area contributed by atoms with Crippen molar-refractivity contribution in [3.63, 3.8) is 0 Å². The zero-order valence-electron chi connectivity index (χ0n) is 9.53. The third-order valence-corrected chi connectivity index (χ3v) is 2.19. The summed E-state index contributed by atoms with van der Waals surface area (Å²) < 4.78 is 1.02. The van der Waals surface area contributed by atoms with Crippen molar-refractivity contribution in [1.29, 1.82) is 0 Å². The van der Waals surface area contributed by atoms with Crippen LogP contribution >= 0.6 is 24.4 Å². The molecule has 0 aliphatic carbocycles. The number of hydrogen-bond donors (Lipinski definition) is 0. The van der Waals surface area contributed by atoms with Crippen molar-refractivity contribution in [1.82, 2.24) is 9.80 Å². The van der Waals surface area contributed by atoms with Crippen molar-refractivity contribution in [2.24, 2.45) is 0 Å². The van der Waals surface area contributed by atoms with Gasteiger partial charge >= 0.3 is 103 Å². The molecule has 0 aromatic rings. The van der Waals surface area contributed by atoms with E-state index in [4.69, 9.17) is 0 Å². The van der Waals surface area contributed by atoms with E-state index in [-0.39, 0.29) is 103 Å². The van der Waals surface area contributed by atoms with Crippen molar-refractivity contribution in [3.8, 4) is 0 Å². The summed E-state index contributed by atoms with van der Waals surface area (Å²) in [6.07, 6.45) is 0. The van der Waals surface area contributed by atoms with Crippen LogP contribution in [-0.4, -0.2) is 46.6 Å². The molecule has 0 spiro atoms. The number of hydrogen-bond acceptors (Lipinski definition) is 4. The summed E-state index contributed by atoms with van der Waals surface area (Å²) in [6.45, 7) is 0. The van der Waals surface area contributed by atoms with Crippen LogP contribution in [0.4, 0.5) is 0 Å². The Labute approximate surface area is 194 Å². The first-order valence-corrected chi connectivity index (χ1v) is 4.69. The Morgan fingerprint density at radius 2 is 0.857 bits per heavy atom. The molecule has 0 N–H and O–H groups in total. The van der Waals surface area contributed by atoms with Gasteiger partial charge in [-0.3, -0.25) is 0 Å². The molecule has 14 heavy (non-hydrogen) atoms. The molecule has 2 nitrogen and oxygen atoms in total. The van der Waals surface area contributed by atoms with E-state index in [1.807, 2.05) is 28.2 Å². The predicted octanol–water partition coefficient (Wildman–Crippen LogP) is -5.23. The van der Waals surface area contributed by atoms with E-state index in [1.165, 1.54) is 0 Å². The fourth-order valence-corrected chi connectivity index (χ4v) is 0. The summed E-state index contributed by atoms with van der Waals surface area (Å²) in [4.78, 5) is 3.43. The average molecular weight is 319 g/mol. The van der Waals surface area contributed by atoms with Gasteiger partial charge in [-0.25, -0.2) is 0 Å². The Bertz CT molecular complexity index is 146. The molecule has 0 bridgehead atoms. The van der Waals surface area contributed by atoms with Crippen molar-refractivity contribution in [2.75, 3.05) is 28.2 Å². The molecule has 0 unspecified atom stereocenters. The summed E-state index contributed by atoms with van der Waals surface area (Å²) in [7, 11) is 7.31. The van der Waals surface area contributed by atoms with Gasteiger partial charge in [0.15, 0.2) is 0 Å². The molecule has 0 fully saturated rings. The molecular weight excluding hydrogens is 307 g/mol. The Morgan fingerprint density at radius 3 is 0.857 bits per heavy atom. The quantitative estimate of drug-likeness (QED) is 0.248. The van der Waals surface area contributed by atoms with Gasteiger partial charge in [-0.2, -0.15) is 0 Å². The fraction of sp³-hybridized carbons (Fsp3) is 0.667. The molecule has 72 valence electrons. The van der Waals surface area contributed by atoms with Gasteiger partial charge in [0.05, 0.1) is 0 Å². The normalized spacial score (nSPS) is 6.57. The van der Waals surface area contributed by atoms with E-state index in [9.17, 15) is 0 Å².